The minimum Gasteiger partial charge on any atom is -0.696 e. The van der Waals surface area contributed by atoms with Crippen molar-refractivity contribution < 1.29 is 0 Å². The summed E-state index contributed by atoms with van der Waals surface area (Å²) in [6.45, 7) is 7.44. The Bertz CT molecular complexity index is 1310. The third-order valence-electron chi connectivity index (χ3n) is 4.49. The maximum Gasteiger partial charge on any atom is 4.00 e. The van der Waals surface area contributed by atoms with Crippen LogP contribution in [0.1, 0.15) is 11.1 Å². The normalized spacial score (nSPS) is 8.15. The smallest absolute Gasteiger partial charge is 0.696 e. The first-order chi connectivity index (χ1) is 18.5. The van der Waals surface area contributed by atoms with Crippen molar-refractivity contribution in [3.8, 4) is 10.8 Å². The summed E-state index contributed by atoms with van der Waals surface area (Å²) >= 11 is 7.40. The second-order valence-electron chi connectivity index (χ2n) is 7.16. The molecule has 2 aromatic heterocycles. The van der Waals surface area contributed by atoms with Crippen LogP contribution in [0.4, 0.5) is 0 Å². The Morgan fingerprint density at radius 3 is 1.03 bits per heavy atom. The van der Waals surface area contributed by atoms with Crippen LogP contribution in [0.3, 0.4) is 0 Å². The van der Waals surface area contributed by atoms with Gasteiger partial charge in [-0.3, -0.25) is 0 Å². The zero-order valence-electron chi connectivity index (χ0n) is 21.2. The van der Waals surface area contributed by atoms with E-state index in [1.165, 1.54) is 21.6 Å². The van der Waals surface area contributed by atoms with Gasteiger partial charge in [-0.1, -0.05) is 83.6 Å². The van der Waals surface area contributed by atoms with Gasteiger partial charge in [-0.15, -0.1) is 35.3 Å². The molecule has 39 heavy (non-hydrogen) atoms. The molecule has 192 valence electrons. The minimum absolute atomic E-state index is 0. The third-order valence-corrected chi connectivity index (χ3v) is 4.49. The molecule has 0 aliphatic heterocycles. The molecule has 4 aromatic carbocycles. The van der Waals surface area contributed by atoms with E-state index in [0.29, 0.717) is 0 Å². The molecule has 6 aromatic rings. The Labute approximate surface area is 259 Å². The van der Waals surface area contributed by atoms with Gasteiger partial charge in [0.2, 0.25) is 0 Å². The molecular weight excluding hydrogens is 623 g/mol. The molecule has 0 aliphatic rings. The molecule has 0 unspecified atom stereocenters. The molecular formula is C32H26N4S2Sn-2. The molecule has 6 rings (SSSR count). The first-order valence-electron chi connectivity index (χ1n) is 11.2. The van der Waals surface area contributed by atoms with Crippen molar-refractivity contribution in [3.63, 3.8) is 0 Å². The van der Waals surface area contributed by atoms with Crippen molar-refractivity contribution >= 4 is 71.0 Å². The van der Waals surface area contributed by atoms with Gasteiger partial charge in [0.15, 0.2) is 0 Å². The number of rotatable bonds is 0. The van der Waals surface area contributed by atoms with Crippen LogP contribution >= 0.6 is 0 Å². The van der Waals surface area contributed by atoms with Crippen molar-refractivity contribution in [2.24, 2.45) is 0 Å². The van der Waals surface area contributed by atoms with Crippen LogP contribution in [0.2, 0.25) is 0 Å². The molecule has 0 fully saturated rings. The second kappa shape index (κ2) is 23.1. The van der Waals surface area contributed by atoms with Gasteiger partial charge in [-0.25, -0.2) is 10.5 Å². The SMILES string of the molecule is N#C[S-].N#C[S-].[CH2-]c1ccccc1.[CH2-]c1ccccc1.[Sn+4].c1ccc2[n-]ccc2c1.c1ccc2[n-]ccc2c1. The first kappa shape index (κ1) is 34.9. The first-order valence-corrected chi connectivity index (χ1v) is 12.1. The van der Waals surface area contributed by atoms with E-state index in [9.17, 15) is 0 Å². The number of nitrogens with zero attached hydrogens (tertiary/aromatic N) is 4. The van der Waals surface area contributed by atoms with Gasteiger partial charge in [0.1, 0.15) is 0 Å². The van der Waals surface area contributed by atoms with Crippen molar-refractivity contribution in [2.75, 3.05) is 0 Å². The maximum atomic E-state index is 7.13. The van der Waals surface area contributed by atoms with Crippen LogP contribution in [0.25, 0.3) is 21.8 Å². The van der Waals surface area contributed by atoms with E-state index in [4.69, 9.17) is 10.5 Å². The largest absolute Gasteiger partial charge is 4.00 e. The molecule has 0 N–H and O–H groups in total. The third kappa shape index (κ3) is 16.4. The molecule has 2 heterocycles. The van der Waals surface area contributed by atoms with Crippen LogP contribution < -0.4 is 9.97 Å². The van der Waals surface area contributed by atoms with E-state index in [0.717, 1.165) is 22.2 Å². The minimum atomic E-state index is 0. The van der Waals surface area contributed by atoms with Gasteiger partial charge in [-0.05, 0) is 10.8 Å². The number of fused-ring (bicyclic) bond motifs is 2. The summed E-state index contributed by atoms with van der Waals surface area (Å²) < 4.78 is 0. The molecule has 0 amide bonds. The molecule has 0 bridgehead atoms. The summed E-state index contributed by atoms with van der Waals surface area (Å²) in [6, 6.07) is 39.9. The number of benzene rings is 4. The predicted octanol–water partition coefficient (Wildman–Crippen LogP) is 6.98. The Kier molecular flexibility index (Phi) is 20.7. The molecule has 0 saturated carbocycles. The Balaban J connectivity index is 0.000000462. The van der Waals surface area contributed by atoms with Gasteiger partial charge >= 0.3 is 23.9 Å². The summed E-state index contributed by atoms with van der Waals surface area (Å²) in [4.78, 5) is 8.24. The molecule has 0 aliphatic carbocycles. The molecule has 7 heteroatoms. The second-order valence-corrected chi connectivity index (χ2v) is 7.53. The van der Waals surface area contributed by atoms with E-state index in [1.54, 1.807) is 0 Å². The number of para-hydroxylation sites is 2. The Morgan fingerprint density at radius 1 is 0.487 bits per heavy atom. The quantitative estimate of drug-likeness (QED) is 0.0766. The van der Waals surface area contributed by atoms with Gasteiger partial charge in [0.25, 0.3) is 0 Å². The van der Waals surface area contributed by atoms with E-state index >= 15 is 0 Å². The Morgan fingerprint density at radius 2 is 0.769 bits per heavy atom. The zero-order valence-corrected chi connectivity index (χ0v) is 25.7. The molecule has 0 spiro atoms. The monoisotopic (exact) mass is 650 g/mol. The predicted molar refractivity (Wildman–Crippen MR) is 168 cm³/mol. The van der Waals surface area contributed by atoms with Crippen LogP contribution in [-0.4, -0.2) is 23.9 Å². The van der Waals surface area contributed by atoms with E-state index in [2.05, 4.69) is 61.2 Å². The van der Waals surface area contributed by atoms with Crippen molar-refractivity contribution in [1.29, 1.82) is 10.5 Å². The van der Waals surface area contributed by atoms with E-state index in [1.807, 2.05) is 122 Å². The van der Waals surface area contributed by atoms with Crippen LogP contribution in [0.15, 0.2) is 134 Å². The number of nitriles is 2. The van der Waals surface area contributed by atoms with E-state index < -0.39 is 0 Å². The fraction of sp³-hybridized carbons (Fsp3) is 0. The summed E-state index contributed by atoms with van der Waals surface area (Å²) in [7, 11) is 0. The van der Waals surface area contributed by atoms with Crippen molar-refractivity contribution in [1.82, 2.24) is 9.97 Å². The fourth-order valence-corrected chi connectivity index (χ4v) is 2.84. The van der Waals surface area contributed by atoms with Gasteiger partial charge in [0, 0.05) is 0 Å². The fourth-order valence-electron chi connectivity index (χ4n) is 2.84. The van der Waals surface area contributed by atoms with Crippen LogP contribution in [0, 0.1) is 35.2 Å². The summed E-state index contributed by atoms with van der Waals surface area (Å²) in [5, 5.41) is 19.4. The summed E-state index contributed by atoms with van der Waals surface area (Å²) in [5.41, 5.74) is 4.31. The van der Waals surface area contributed by atoms with E-state index in [-0.39, 0.29) is 23.9 Å². The molecule has 0 atom stereocenters. The van der Waals surface area contributed by atoms with Gasteiger partial charge in [-0.2, -0.15) is 61.6 Å². The zero-order chi connectivity index (χ0) is 27.8. The standard InChI is InChI=1S/2C8H6N.2C7H7.2CHNS.Sn/c2*1-2-4-8-7(3-1)5-6-9-8;2*1-7-5-3-2-4-6-7;2*2-1-3;/h2*1-6H;2*2-6H,1H2;2*3H;/q4*-1;;;+4/p-2. The average Bonchev–Trinajstić information content (AvgIpc) is 3.61. The topological polar surface area (TPSA) is 75.8 Å². The number of hydrogen-bond acceptors (Lipinski definition) is 4. The number of thiocyanates is 2. The summed E-state index contributed by atoms with van der Waals surface area (Å²) in [5.74, 6) is 0. The number of aromatic nitrogens is 2. The van der Waals surface area contributed by atoms with Gasteiger partial charge < -0.3 is 35.2 Å². The summed E-state index contributed by atoms with van der Waals surface area (Å²) in [6.07, 6.45) is 3.65. The molecule has 0 saturated heterocycles. The Hall–Kier alpha value is -4.08. The maximum absolute atomic E-state index is 7.13. The molecule has 0 radical (unpaired) electrons. The van der Waals surface area contributed by atoms with Gasteiger partial charge in [0.05, 0.1) is 0 Å². The average molecular weight is 649 g/mol. The molecule has 4 nitrogen and oxygen atoms in total. The van der Waals surface area contributed by atoms with Crippen LogP contribution in [-0.2, 0) is 25.3 Å². The van der Waals surface area contributed by atoms with Crippen molar-refractivity contribution in [3.05, 3.63) is 159 Å². The van der Waals surface area contributed by atoms with Crippen LogP contribution in [0.5, 0.6) is 0 Å². The van der Waals surface area contributed by atoms with Crippen molar-refractivity contribution in [2.45, 2.75) is 0 Å². The number of hydrogen-bond donors (Lipinski definition) is 0.